The maximum absolute atomic E-state index is 12.8. The summed E-state index contributed by atoms with van der Waals surface area (Å²) in [6.07, 6.45) is 17.9. The zero-order chi connectivity index (χ0) is 47.4. The Morgan fingerprint density at radius 1 is 0.703 bits per heavy atom. The first kappa shape index (κ1) is 57.9. The molecule has 1 aliphatic rings. The number of carbonyl (C=O) groups is 2. The molecule has 3 unspecified atom stereocenters. The molecule has 64 heavy (non-hydrogen) atoms. The van der Waals surface area contributed by atoms with Gasteiger partial charge in [0.2, 0.25) is 0 Å². The predicted octanol–water partition coefficient (Wildman–Crippen LogP) is 8.82. The van der Waals surface area contributed by atoms with E-state index in [4.69, 9.17) is 29.0 Å². The molecule has 0 aromatic carbocycles. The molecule has 1 aromatic rings. The van der Waals surface area contributed by atoms with Crippen LogP contribution in [0.5, 0.6) is 0 Å². The lowest BCUT2D eigenvalue weighted by molar-refractivity contribution is -0.161. The summed E-state index contributed by atoms with van der Waals surface area (Å²) in [5, 5.41) is 20.9. The van der Waals surface area contributed by atoms with Gasteiger partial charge in [0.15, 0.2) is 12.3 Å². The molecule has 1 fully saturated rings. The molecule has 7 atom stereocenters. The molecule has 1 aliphatic heterocycles. The van der Waals surface area contributed by atoms with Crippen molar-refractivity contribution in [1.29, 1.82) is 0 Å². The van der Waals surface area contributed by atoms with Crippen molar-refractivity contribution >= 4 is 33.4 Å². The number of anilines is 1. The highest BCUT2D eigenvalue weighted by molar-refractivity contribution is 7.61. The van der Waals surface area contributed by atoms with Crippen LogP contribution in [0.2, 0.25) is 0 Å². The Balaban J connectivity index is 1.82. The van der Waals surface area contributed by atoms with Crippen LogP contribution < -0.4 is 11.4 Å². The van der Waals surface area contributed by atoms with Crippen LogP contribution in [-0.4, -0.2) is 85.7 Å². The number of aliphatic hydroxyl groups is 2. The quantitative estimate of drug-likeness (QED) is 0.0235. The molecule has 0 aliphatic carbocycles. The maximum Gasteiger partial charge on any atom is 0.481 e. The Kier molecular flexibility index (Phi) is 29.4. The number of unbranched alkanes of at least 4 members (excludes halogenated alkanes) is 18. The van der Waals surface area contributed by atoms with E-state index in [-0.39, 0.29) is 18.7 Å². The van der Waals surface area contributed by atoms with Gasteiger partial charge in [-0.2, -0.15) is 9.29 Å². The smallest absolute Gasteiger partial charge is 0.462 e. The molecule has 2 heterocycles. The molecule has 1 saturated heterocycles. The third kappa shape index (κ3) is 26.8. The van der Waals surface area contributed by atoms with E-state index in [1.165, 1.54) is 89.3 Å². The number of nitrogens with zero attached hydrogens (tertiary/aromatic N) is 2. The first-order valence-corrected chi connectivity index (χ1v) is 26.8. The van der Waals surface area contributed by atoms with E-state index in [0.717, 1.165) is 67.8 Å². The van der Waals surface area contributed by atoms with Crippen LogP contribution >= 0.6 is 15.6 Å². The van der Waals surface area contributed by atoms with Crippen molar-refractivity contribution in [2.75, 3.05) is 25.6 Å². The predicted molar refractivity (Wildman–Crippen MR) is 243 cm³/mol. The van der Waals surface area contributed by atoms with Crippen molar-refractivity contribution < 1.29 is 66.3 Å². The fraction of sp³-hybridized carbons (Fsp3) is 0.864. The molecule has 0 saturated carbocycles. The molecular weight excluding hydrogens is 872 g/mol. The molecule has 2 rings (SSSR count). The molecule has 20 heteroatoms. The van der Waals surface area contributed by atoms with Crippen molar-refractivity contribution in [3.05, 3.63) is 22.7 Å². The topological polar surface area (TPSA) is 265 Å². The Morgan fingerprint density at radius 2 is 1.16 bits per heavy atom. The van der Waals surface area contributed by atoms with Gasteiger partial charge in [-0.25, -0.2) is 13.9 Å². The van der Waals surface area contributed by atoms with E-state index < -0.39 is 83.7 Å². The van der Waals surface area contributed by atoms with Gasteiger partial charge in [0.1, 0.15) is 30.7 Å². The lowest BCUT2D eigenvalue weighted by Crippen LogP contribution is -2.36. The number of rotatable bonds is 38. The van der Waals surface area contributed by atoms with Crippen LogP contribution in [0.25, 0.3) is 0 Å². The van der Waals surface area contributed by atoms with Crippen LogP contribution in [0.1, 0.15) is 188 Å². The van der Waals surface area contributed by atoms with Crippen molar-refractivity contribution in [1.82, 2.24) is 9.55 Å². The number of phosphoric ester groups is 2. The van der Waals surface area contributed by atoms with Crippen LogP contribution in [-0.2, 0) is 46.3 Å². The largest absolute Gasteiger partial charge is 0.481 e. The highest BCUT2D eigenvalue weighted by atomic mass is 31.3. The number of esters is 2. The van der Waals surface area contributed by atoms with Crippen molar-refractivity contribution in [3.63, 3.8) is 0 Å². The summed E-state index contributed by atoms with van der Waals surface area (Å²) in [7, 11) is -10.8. The van der Waals surface area contributed by atoms with Crippen LogP contribution in [0, 0.1) is 11.8 Å². The molecule has 0 amide bonds. The summed E-state index contributed by atoms with van der Waals surface area (Å²) in [5.74, 6) is 0.218. The van der Waals surface area contributed by atoms with Gasteiger partial charge in [0, 0.05) is 19.0 Å². The van der Waals surface area contributed by atoms with E-state index >= 15 is 0 Å². The van der Waals surface area contributed by atoms with Gasteiger partial charge in [0.05, 0.1) is 13.2 Å². The number of aliphatic hydroxyl groups excluding tert-OH is 2. The highest BCUT2D eigenvalue weighted by Crippen LogP contribution is 2.60. The Morgan fingerprint density at radius 3 is 1.64 bits per heavy atom. The monoisotopic (exact) mass is 954 g/mol. The lowest BCUT2D eigenvalue weighted by atomic mass is 10.0. The SMILES string of the molecule is CC(C)CCCCCCCCCCCCCC(=O)O[C@H](COC(=O)CCCCCCCCCCCC(C)C)COP(=O)(O)OP(=O)(O)OC[C@H]1O[C@@H](n2ccc(N)nc2=O)C(O)[C@H]1O. The first-order valence-electron chi connectivity index (χ1n) is 23.8. The fourth-order valence-corrected chi connectivity index (χ4v) is 9.44. The molecule has 0 bridgehead atoms. The van der Waals surface area contributed by atoms with Gasteiger partial charge in [-0.15, -0.1) is 0 Å². The lowest BCUT2D eigenvalue weighted by Gasteiger charge is -2.21. The zero-order valence-electron chi connectivity index (χ0n) is 38.9. The minimum atomic E-state index is -5.41. The Bertz CT molecular complexity index is 1600. The molecule has 0 radical (unpaired) electrons. The van der Waals surface area contributed by atoms with Gasteiger partial charge in [-0.1, -0.05) is 156 Å². The maximum atomic E-state index is 12.8. The van der Waals surface area contributed by atoms with E-state index in [2.05, 4.69) is 37.0 Å². The molecule has 372 valence electrons. The normalized spacial score (nSPS) is 20.0. The summed E-state index contributed by atoms with van der Waals surface area (Å²) in [4.78, 5) is 61.7. The molecule has 0 spiro atoms. The van der Waals surface area contributed by atoms with Crippen LogP contribution in [0.4, 0.5) is 5.82 Å². The van der Waals surface area contributed by atoms with E-state index in [1.807, 2.05) is 0 Å². The summed E-state index contributed by atoms with van der Waals surface area (Å²) in [6.45, 7) is 6.72. The van der Waals surface area contributed by atoms with E-state index in [1.54, 1.807) is 0 Å². The number of hydrogen-bond acceptors (Lipinski definition) is 15. The average Bonchev–Trinajstić information content (AvgIpc) is 3.50. The number of carbonyl (C=O) groups excluding carboxylic acids is 2. The van der Waals surface area contributed by atoms with Crippen LogP contribution in [0.15, 0.2) is 17.1 Å². The van der Waals surface area contributed by atoms with Gasteiger partial charge in [-0.05, 0) is 30.7 Å². The van der Waals surface area contributed by atoms with Gasteiger partial charge in [0.25, 0.3) is 0 Å². The average molecular weight is 954 g/mol. The summed E-state index contributed by atoms with van der Waals surface area (Å²) >= 11 is 0. The second-order valence-electron chi connectivity index (χ2n) is 17.9. The summed E-state index contributed by atoms with van der Waals surface area (Å²) < 4.78 is 56.7. The zero-order valence-corrected chi connectivity index (χ0v) is 40.7. The Labute approximate surface area is 380 Å². The third-order valence-corrected chi connectivity index (χ3v) is 13.6. The van der Waals surface area contributed by atoms with Crippen molar-refractivity contribution in [2.24, 2.45) is 11.8 Å². The summed E-state index contributed by atoms with van der Waals surface area (Å²) in [6, 6.07) is 1.25. The molecule has 18 nitrogen and oxygen atoms in total. The number of ether oxygens (including phenoxy) is 3. The fourth-order valence-electron chi connectivity index (χ4n) is 7.33. The number of hydrogen-bond donors (Lipinski definition) is 5. The number of nitrogens with two attached hydrogens (primary N) is 1. The summed E-state index contributed by atoms with van der Waals surface area (Å²) in [5.41, 5.74) is 4.58. The van der Waals surface area contributed by atoms with Crippen molar-refractivity contribution in [2.45, 2.75) is 212 Å². The van der Waals surface area contributed by atoms with E-state index in [9.17, 15) is 43.5 Å². The number of nitrogen functional groups attached to an aromatic ring is 1. The minimum Gasteiger partial charge on any atom is -0.462 e. The molecule has 1 aromatic heterocycles. The molecule has 6 N–H and O–H groups in total. The van der Waals surface area contributed by atoms with Gasteiger partial charge in [-0.3, -0.25) is 23.2 Å². The van der Waals surface area contributed by atoms with E-state index in [0.29, 0.717) is 12.8 Å². The van der Waals surface area contributed by atoms with Gasteiger partial charge >= 0.3 is 33.3 Å². The first-order chi connectivity index (χ1) is 30.4. The minimum absolute atomic E-state index is 0.0554. The standard InChI is InChI=1S/C44H81N3O15P2/c1-34(2)25-21-17-13-9-6-5-7-11-16-20-24-28-40(49)60-36(31-57-39(48)27-23-19-15-12-8-10-14-18-22-26-35(3)4)32-58-63(53,54)62-64(55,56)59-33-37-41(50)42(51)43(61-37)47-30-29-38(45)46-44(47)52/h29-30,34-37,41-43,50-51H,5-28,31-33H2,1-4H3,(H,53,54)(H,55,56)(H2,45,46,52)/t36-,37-,41+,42?,43-/m1/s1. The number of aromatic nitrogens is 2. The van der Waals surface area contributed by atoms with Crippen LogP contribution in [0.3, 0.4) is 0 Å². The second-order valence-corrected chi connectivity index (χ2v) is 21.0. The Hall–Kier alpha value is -2.24. The van der Waals surface area contributed by atoms with Crippen molar-refractivity contribution in [3.8, 4) is 0 Å². The molecular formula is C44H81N3O15P2. The van der Waals surface area contributed by atoms with Gasteiger partial charge < -0.3 is 39.9 Å². The third-order valence-electron chi connectivity index (χ3n) is 11.0. The number of phosphoric acid groups is 2. The second kappa shape index (κ2) is 32.5. The highest BCUT2D eigenvalue weighted by Gasteiger charge is 2.46.